The highest BCUT2D eigenvalue weighted by Crippen LogP contribution is 2.67. The average Bonchev–Trinajstić information content (AvgIpc) is 3.10. The topological polar surface area (TPSA) is 52.3 Å². The van der Waals surface area contributed by atoms with Crippen molar-refractivity contribution in [1.82, 2.24) is 0 Å². The maximum absolute atomic E-state index is 12.1. The van der Waals surface area contributed by atoms with Gasteiger partial charge in [-0.05, 0) is 103 Å². The van der Waals surface area contributed by atoms with Crippen LogP contribution in [0.25, 0.3) is 0 Å². The Balaban J connectivity index is 1.58. The van der Waals surface area contributed by atoms with E-state index in [-0.39, 0.29) is 29.4 Å². The van der Waals surface area contributed by atoms with Gasteiger partial charge in [-0.1, -0.05) is 72.3 Å². The van der Waals surface area contributed by atoms with Crippen LogP contribution in [0.2, 0.25) is 0 Å². The van der Waals surface area contributed by atoms with Crippen molar-refractivity contribution >= 4 is 5.97 Å². The molecule has 3 heteroatoms. The minimum absolute atomic E-state index is 0.0274. The van der Waals surface area contributed by atoms with Crippen molar-refractivity contribution in [1.29, 1.82) is 0 Å². The summed E-state index contributed by atoms with van der Waals surface area (Å²) in [5.74, 6) is 2.25. The molecular weight excluding hydrogens is 430 g/mol. The first-order valence-corrected chi connectivity index (χ1v) is 14.4. The molecule has 4 aliphatic carbocycles. The fourth-order valence-corrected chi connectivity index (χ4v) is 9.12. The fraction of sp³-hybridized carbons (Fsp3) is 0.781. The molecule has 6 atom stereocenters. The van der Waals surface area contributed by atoms with Gasteiger partial charge >= 0.3 is 5.97 Å². The van der Waals surface area contributed by atoms with E-state index in [1.54, 1.807) is 16.7 Å². The second kappa shape index (κ2) is 9.51. The predicted octanol–water partition coefficient (Wildman–Crippen LogP) is 7.76. The second-order valence-electron chi connectivity index (χ2n) is 13.7. The van der Waals surface area contributed by atoms with Crippen molar-refractivity contribution < 1.29 is 9.53 Å². The molecule has 196 valence electrons. The third-order valence-electron chi connectivity index (χ3n) is 11.0. The summed E-state index contributed by atoms with van der Waals surface area (Å²) in [6.07, 6.45) is 13.3. The lowest BCUT2D eigenvalue weighted by Gasteiger charge is -2.60. The van der Waals surface area contributed by atoms with Gasteiger partial charge in [0.1, 0.15) is 6.10 Å². The molecule has 0 heterocycles. The normalized spacial score (nSPS) is 37.9. The van der Waals surface area contributed by atoms with Crippen LogP contribution in [0.5, 0.6) is 0 Å². The van der Waals surface area contributed by atoms with Crippen LogP contribution in [0.1, 0.15) is 106 Å². The van der Waals surface area contributed by atoms with E-state index in [0.717, 1.165) is 18.8 Å². The standard InChI is InChI=1S/C32H51NO2/c1-20(2)21(3)10-9-11-23-12-14-25-24-13-15-26-30(5,6)27(35-28(34)19-33)16-17-31(26,7)29(24)22(4)18-32(23,25)8/h14,20,22-23,26-27H,3,9-13,15-19,33H2,1-2,4-8H3/t22?,23-,26?,27?,31?,32?/m0/s1. The van der Waals surface area contributed by atoms with Crippen LogP contribution >= 0.6 is 0 Å². The zero-order valence-electron chi connectivity index (χ0n) is 23.6. The molecule has 0 amide bonds. The van der Waals surface area contributed by atoms with Gasteiger partial charge in [-0.25, -0.2) is 0 Å². The van der Waals surface area contributed by atoms with Crippen molar-refractivity contribution in [3.05, 3.63) is 34.9 Å². The Bertz CT molecular complexity index is 924. The molecular formula is C32H51NO2. The quantitative estimate of drug-likeness (QED) is 0.298. The van der Waals surface area contributed by atoms with E-state index in [0.29, 0.717) is 23.2 Å². The lowest BCUT2D eigenvalue weighted by Crippen LogP contribution is -2.55. The summed E-state index contributed by atoms with van der Waals surface area (Å²) in [5, 5.41) is 0. The third kappa shape index (κ3) is 4.38. The van der Waals surface area contributed by atoms with Crippen LogP contribution in [-0.2, 0) is 9.53 Å². The monoisotopic (exact) mass is 481 g/mol. The molecule has 0 aromatic heterocycles. The van der Waals surface area contributed by atoms with Crippen molar-refractivity contribution in [2.45, 2.75) is 112 Å². The van der Waals surface area contributed by atoms with Crippen molar-refractivity contribution in [3.8, 4) is 0 Å². The molecule has 1 saturated carbocycles. The van der Waals surface area contributed by atoms with E-state index < -0.39 is 0 Å². The first kappa shape index (κ1) is 26.7. The predicted molar refractivity (Wildman–Crippen MR) is 146 cm³/mol. The molecule has 0 aromatic carbocycles. The summed E-state index contributed by atoms with van der Waals surface area (Å²) in [6.45, 7) is 21.1. The first-order chi connectivity index (χ1) is 16.4. The number of nitrogens with two attached hydrogens (primary N) is 1. The molecule has 0 aliphatic heterocycles. The lowest BCUT2D eigenvalue weighted by molar-refractivity contribution is -0.167. The van der Waals surface area contributed by atoms with E-state index in [2.05, 4.69) is 61.1 Å². The third-order valence-corrected chi connectivity index (χ3v) is 11.0. The molecule has 3 nitrogen and oxygen atoms in total. The van der Waals surface area contributed by atoms with Crippen molar-refractivity contribution in [2.75, 3.05) is 6.54 Å². The molecule has 4 rings (SSSR count). The van der Waals surface area contributed by atoms with Crippen LogP contribution in [-0.4, -0.2) is 18.6 Å². The number of esters is 1. The van der Waals surface area contributed by atoms with Gasteiger partial charge in [0, 0.05) is 5.41 Å². The van der Waals surface area contributed by atoms with Gasteiger partial charge in [-0.2, -0.15) is 0 Å². The van der Waals surface area contributed by atoms with E-state index >= 15 is 0 Å². The van der Waals surface area contributed by atoms with Gasteiger partial charge in [0.15, 0.2) is 0 Å². The summed E-state index contributed by atoms with van der Waals surface area (Å²) in [6, 6.07) is 0. The largest absolute Gasteiger partial charge is 0.461 e. The Morgan fingerprint density at radius 2 is 1.91 bits per heavy atom. The number of hydrogen-bond acceptors (Lipinski definition) is 3. The molecule has 0 spiro atoms. The molecule has 4 aliphatic rings. The maximum Gasteiger partial charge on any atom is 0.319 e. The SMILES string of the molecule is C=C(CCC[C@H]1CC=C2C3=C(C(C)CC21C)C1(C)CCC(OC(=O)CN)C(C)(C)C1CC3)C(C)C. The molecule has 0 bridgehead atoms. The van der Waals surface area contributed by atoms with Gasteiger partial charge in [-0.3, -0.25) is 4.79 Å². The highest BCUT2D eigenvalue weighted by atomic mass is 16.5. The van der Waals surface area contributed by atoms with Gasteiger partial charge in [0.25, 0.3) is 0 Å². The molecule has 0 radical (unpaired) electrons. The highest BCUT2D eigenvalue weighted by Gasteiger charge is 2.59. The molecule has 0 aromatic rings. The van der Waals surface area contributed by atoms with Crippen LogP contribution < -0.4 is 5.73 Å². The second-order valence-corrected chi connectivity index (χ2v) is 13.7. The molecule has 2 N–H and O–H groups in total. The van der Waals surface area contributed by atoms with Gasteiger partial charge < -0.3 is 10.5 Å². The van der Waals surface area contributed by atoms with Crippen molar-refractivity contribution in [2.24, 2.45) is 45.7 Å². The number of allylic oxidation sites excluding steroid dienone is 5. The van der Waals surface area contributed by atoms with Crippen molar-refractivity contribution in [3.63, 3.8) is 0 Å². The van der Waals surface area contributed by atoms with Gasteiger partial charge in [0.2, 0.25) is 0 Å². The van der Waals surface area contributed by atoms with Crippen LogP contribution in [0.15, 0.2) is 34.9 Å². The van der Waals surface area contributed by atoms with Crippen LogP contribution in [0.4, 0.5) is 0 Å². The van der Waals surface area contributed by atoms with E-state index in [4.69, 9.17) is 10.5 Å². The van der Waals surface area contributed by atoms with Gasteiger partial charge in [0.05, 0.1) is 6.54 Å². The Kier molecular flexibility index (Phi) is 7.25. The number of hydrogen-bond donors (Lipinski definition) is 1. The number of ether oxygens (including phenoxy) is 1. The average molecular weight is 482 g/mol. The van der Waals surface area contributed by atoms with Crippen LogP contribution in [0.3, 0.4) is 0 Å². The summed E-state index contributed by atoms with van der Waals surface area (Å²) in [4.78, 5) is 12.1. The zero-order chi connectivity index (χ0) is 25.8. The summed E-state index contributed by atoms with van der Waals surface area (Å²) >= 11 is 0. The minimum atomic E-state index is -0.261. The number of carbonyl (C=O) groups is 1. The summed E-state index contributed by atoms with van der Waals surface area (Å²) in [5.41, 5.74) is 12.6. The summed E-state index contributed by atoms with van der Waals surface area (Å²) in [7, 11) is 0. The van der Waals surface area contributed by atoms with Gasteiger partial charge in [-0.15, -0.1) is 0 Å². The number of carbonyl (C=O) groups excluding carboxylic acids is 1. The lowest BCUT2D eigenvalue weighted by atomic mass is 9.45. The fourth-order valence-electron chi connectivity index (χ4n) is 9.12. The minimum Gasteiger partial charge on any atom is -0.461 e. The number of rotatable bonds is 7. The molecule has 5 unspecified atom stereocenters. The number of fused-ring (bicyclic) bond motifs is 4. The maximum atomic E-state index is 12.1. The molecule has 1 fully saturated rings. The van der Waals surface area contributed by atoms with E-state index in [1.807, 2.05) is 0 Å². The first-order valence-electron chi connectivity index (χ1n) is 14.4. The van der Waals surface area contributed by atoms with Crippen LogP contribution in [0, 0.1) is 39.9 Å². The Hall–Kier alpha value is -1.35. The highest BCUT2D eigenvalue weighted by molar-refractivity contribution is 5.71. The van der Waals surface area contributed by atoms with E-state index in [9.17, 15) is 4.79 Å². The Labute approximate surface area is 215 Å². The Morgan fingerprint density at radius 3 is 2.57 bits per heavy atom. The van der Waals surface area contributed by atoms with E-state index in [1.165, 1.54) is 50.5 Å². The molecule has 0 saturated heterocycles. The Morgan fingerprint density at radius 1 is 1.20 bits per heavy atom. The zero-order valence-corrected chi connectivity index (χ0v) is 23.6. The molecule has 35 heavy (non-hydrogen) atoms. The smallest absolute Gasteiger partial charge is 0.319 e. The summed E-state index contributed by atoms with van der Waals surface area (Å²) < 4.78 is 5.88.